The van der Waals surface area contributed by atoms with Crippen molar-refractivity contribution in [2.75, 3.05) is 36.0 Å². The van der Waals surface area contributed by atoms with E-state index in [0.29, 0.717) is 30.0 Å². The minimum absolute atomic E-state index is 0.0757. The lowest BCUT2D eigenvalue weighted by atomic mass is 9.52. The van der Waals surface area contributed by atoms with Gasteiger partial charge in [-0.25, -0.2) is 18.6 Å². The van der Waals surface area contributed by atoms with Crippen LogP contribution in [0.3, 0.4) is 0 Å². The average Bonchev–Trinajstić information content (AvgIpc) is 3.21. The maximum absolute atomic E-state index is 16.1. The van der Waals surface area contributed by atoms with E-state index in [4.69, 9.17) is 19.2 Å². The molecule has 43 heavy (non-hydrogen) atoms. The molecule has 4 heterocycles. The van der Waals surface area contributed by atoms with E-state index in [0.717, 1.165) is 29.1 Å². The van der Waals surface area contributed by atoms with Gasteiger partial charge in [-0.15, -0.1) is 0 Å². The fourth-order valence-corrected chi connectivity index (χ4v) is 6.00. The fourth-order valence-electron chi connectivity index (χ4n) is 5.63. The van der Waals surface area contributed by atoms with Gasteiger partial charge < -0.3 is 18.5 Å². The summed E-state index contributed by atoms with van der Waals surface area (Å²) in [5.41, 5.74) is 2.59. The quantitative estimate of drug-likeness (QED) is 0.217. The Labute approximate surface area is 259 Å². The molecule has 9 nitrogen and oxygen atoms in total. The van der Waals surface area contributed by atoms with E-state index >= 15 is 8.78 Å². The lowest BCUT2D eigenvalue weighted by Gasteiger charge is -2.37. The Morgan fingerprint density at radius 3 is 2.26 bits per heavy atom. The summed E-state index contributed by atoms with van der Waals surface area (Å²) in [4.78, 5) is 23.8. The molecule has 222 valence electrons. The summed E-state index contributed by atoms with van der Waals surface area (Å²) in [5, 5.41) is -0.747. The normalized spacial score (nSPS) is 18.3. The van der Waals surface area contributed by atoms with Gasteiger partial charge in [0.1, 0.15) is 58.4 Å². The number of rotatable bonds is 8. The van der Waals surface area contributed by atoms with Gasteiger partial charge in [0.05, 0.1) is 24.9 Å². The van der Waals surface area contributed by atoms with Crippen molar-refractivity contribution < 1.29 is 27.8 Å². The van der Waals surface area contributed by atoms with Crippen molar-refractivity contribution in [3.8, 4) is 11.5 Å². The molecule has 2 atom stereocenters. The Hall–Kier alpha value is -2.62. The maximum atomic E-state index is 16.1. The molecule has 2 aromatic heterocycles. The molecule has 0 bridgehead atoms. The first-order chi connectivity index (χ1) is 20.1. The topological polar surface area (TPSA) is 72.3 Å². The number of anilines is 2. The van der Waals surface area contributed by atoms with Crippen molar-refractivity contribution in [3.63, 3.8) is 0 Å². The molecule has 0 N–H and O–H groups in total. The Kier molecular flexibility index (Phi) is 8.66. The highest BCUT2D eigenvalue weighted by atomic mass is 31.0. The first-order valence-corrected chi connectivity index (χ1v) is 15.2. The lowest BCUT2D eigenvalue weighted by Crippen LogP contribution is -2.48. The molecule has 2 unspecified atom stereocenters. The third-order valence-corrected chi connectivity index (χ3v) is 7.87. The van der Waals surface area contributed by atoms with E-state index in [1.165, 1.54) is 6.07 Å². The van der Waals surface area contributed by atoms with Crippen LogP contribution in [-0.4, -0.2) is 110 Å². The number of pyridine rings is 1. The number of carbonyl (C=O) groups excluding carboxylic acids is 1. The first-order valence-electron chi connectivity index (χ1n) is 14.7. The van der Waals surface area contributed by atoms with Crippen molar-refractivity contribution in [1.29, 1.82) is 0 Å². The van der Waals surface area contributed by atoms with Gasteiger partial charge in [0.2, 0.25) is 0 Å². The number of benzene rings is 1. The molecule has 0 radical (unpaired) electrons. The molecular formula is C25H36B6F2N5O4P. The maximum Gasteiger partial charge on any atom is 0.329 e. The minimum Gasteiger partial charge on any atom is -0.511 e. The second kappa shape index (κ2) is 11.7. The molecule has 18 heteroatoms. The number of amides is 2. The van der Waals surface area contributed by atoms with E-state index < -0.39 is 34.0 Å². The molecule has 0 spiro atoms. The van der Waals surface area contributed by atoms with Crippen LogP contribution in [-0.2, 0) is 17.8 Å². The number of ether oxygens (including phenoxy) is 3. The van der Waals surface area contributed by atoms with E-state index in [1.807, 2.05) is 17.3 Å². The SMILES string of the molecule is BC(B)(B)Oc1cc(OC(B)(B)B)c(F)c(N2Cc3cnc4c(cc(CN5CCOC(C)C5)n4P)c3N(CC)C2=O)c1F. The van der Waals surface area contributed by atoms with Gasteiger partial charge in [0.15, 0.2) is 23.1 Å². The van der Waals surface area contributed by atoms with Crippen LogP contribution in [0, 0.1) is 11.6 Å². The molecule has 2 aliphatic heterocycles. The highest BCUT2D eigenvalue weighted by Gasteiger charge is 2.38. The summed E-state index contributed by atoms with van der Waals surface area (Å²) in [7, 11) is 13.3. The van der Waals surface area contributed by atoms with Crippen LogP contribution in [0.2, 0.25) is 0 Å². The number of morpholine rings is 1. The molecule has 0 saturated carbocycles. The highest BCUT2D eigenvalue weighted by Crippen LogP contribution is 2.43. The Morgan fingerprint density at radius 2 is 1.70 bits per heavy atom. The van der Waals surface area contributed by atoms with Gasteiger partial charge in [-0.1, -0.05) is 0 Å². The smallest absolute Gasteiger partial charge is 0.329 e. The van der Waals surface area contributed by atoms with Gasteiger partial charge in [0.25, 0.3) is 0 Å². The van der Waals surface area contributed by atoms with Crippen molar-refractivity contribution in [1.82, 2.24) is 14.2 Å². The van der Waals surface area contributed by atoms with Crippen molar-refractivity contribution in [3.05, 3.63) is 41.2 Å². The van der Waals surface area contributed by atoms with Crippen LogP contribution in [0.5, 0.6) is 11.5 Å². The van der Waals surface area contributed by atoms with Crippen LogP contribution in [0.15, 0.2) is 18.3 Å². The van der Waals surface area contributed by atoms with E-state index in [9.17, 15) is 4.79 Å². The Morgan fingerprint density at radius 1 is 1.07 bits per heavy atom. The van der Waals surface area contributed by atoms with Crippen LogP contribution in [0.4, 0.5) is 25.0 Å². The molecule has 1 aromatic carbocycles. The zero-order valence-corrected chi connectivity index (χ0v) is 27.4. The fraction of sp³-hybridized carbons (Fsp3) is 0.440. The van der Waals surface area contributed by atoms with E-state index in [-0.39, 0.29) is 30.7 Å². The summed E-state index contributed by atoms with van der Waals surface area (Å²) in [5.74, 6) is -2.32. The van der Waals surface area contributed by atoms with Gasteiger partial charge in [-0.2, -0.15) is 0 Å². The molecule has 1 saturated heterocycles. The number of aromatic nitrogens is 2. The third-order valence-electron chi connectivity index (χ3n) is 7.29. The van der Waals surface area contributed by atoms with Crippen LogP contribution < -0.4 is 19.3 Å². The number of carbonyl (C=O) groups is 1. The number of urea groups is 1. The van der Waals surface area contributed by atoms with E-state index in [2.05, 4.69) is 21.2 Å². The number of hydrogen-bond donors (Lipinski definition) is 0. The summed E-state index contributed by atoms with van der Waals surface area (Å²) in [6.45, 7) is 7.13. The molecule has 0 aliphatic carbocycles. The third kappa shape index (κ3) is 6.45. The van der Waals surface area contributed by atoms with Crippen molar-refractivity contribution >= 4 is 84.9 Å². The number of nitrogens with zero attached hydrogens (tertiary/aromatic N) is 5. The average molecular weight is 604 g/mol. The first kappa shape index (κ1) is 31.8. The number of halogens is 2. The summed E-state index contributed by atoms with van der Waals surface area (Å²) < 4.78 is 51.7. The van der Waals surface area contributed by atoms with Gasteiger partial charge in [-0.3, -0.25) is 14.7 Å². The monoisotopic (exact) mass is 605 g/mol. The predicted octanol–water partition coefficient (Wildman–Crippen LogP) is -2.08. The standard InChI is InChI=1S/C25H36B6F2N5O4P/c1-3-36-20-13(8-34-22-15(20)6-14(38(22)43)11-35-4-5-40-12(2)9-35)10-37(23(36)39)21-18(32)16(41-24(26,27)28)7-17(19(21)33)42-25(29,30)31/h6-8,12H,3-5,9-11,26-31,43H2,1-2H3. The van der Waals surface area contributed by atoms with Crippen LogP contribution in [0.25, 0.3) is 11.0 Å². The second-order valence-corrected chi connectivity index (χ2v) is 13.7. The highest BCUT2D eigenvalue weighted by molar-refractivity contribution is 7.15. The molecular weight excluding hydrogens is 568 g/mol. The summed E-state index contributed by atoms with van der Waals surface area (Å²) in [6.07, 6.45) is 1.84. The van der Waals surface area contributed by atoms with Gasteiger partial charge >= 0.3 is 6.03 Å². The Bertz CT molecular complexity index is 1530. The molecule has 2 aliphatic rings. The number of fused-ring (bicyclic) bond motifs is 3. The Balaban J connectivity index is 1.60. The molecule has 5 rings (SSSR count). The molecule has 3 aromatic rings. The largest absolute Gasteiger partial charge is 0.511 e. The van der Waals surface area contributed by atoms with Gasteiger partial charge in [0, 0.05) is 65.7 Å². The molecule has 2 amide bonds. The zero-order valence-electron chi connectivity index (χ0n) is 26.3. The second-order valence-electron chi connectivity index (χ2n) is 13.2. The zero-order chi connectivity index (χ0) is 31.4. The summed E-state index contributed by atoms with van der Waals surface area (Å²) >= 11 is 0. The summed E-state index contributed by atoms with van der Waals surface area (Å²) in [6, 6.07) is 2.72. The predicted molar refractivity (Wildman–Crippen MR) is 184 cm³/mol. The van der Waals surface area contributed by atoms with Crippen molar-refractivity contribution in [2.24, 2.45) is 0 Å². The van der Waals surface area contributed by atoms with Crippen LogP contribution >= 0.6 is 9.39 Å². The van der Waals surface area contributed by atoms with Gasteiger partial charge in [-0.05, 0) is 29.3 Å². The van der Waals surface area contributed by atoms with E-state index in [1.54, 1.807) is 58.2 Å². The number of hydrogen-bond acceptors (Lipinski definition) is 6. The lowest BCUT2D eigenvalue weighted by molar-refractivity contribution is -0.0216. The van der Waals surface area contributed by atoms with Crippen molar-refractivity contribution in [2.45, 2.75) is 43.6 Å². The van der Waals surface area contributed by atoms with Crippen LogP contribution in [0.1, 0.15) is 25.1 Å². The minimum atomic E-state index is -0.964. The molecule has 1 fully saturated rings.